The highest BCUT2D eigenvalue weighted by atomic mass is 17.3. The van der Waals surface area contributed by atoms with Crippen LogP contribution in [0.3, 0.4) is 0 Å². The van der Waals surface area contributed by atoms with Gasteiger partial charge in [0.25, 0.3) is 0 Å². The van der Waals surface area contributed by atoms with Crippen molar-refractivity contribution in [2.75, 3.05) is 6.61 Å². The van der Waals surface area contributed by atoms with Crippen LogP contribution in [0.15, 0.2) is 24.2 Å². The lowest BCUT2D eigenvalue weighted by atomic mass is 10.5. The van der Waals surface area contributed by atoms with Crippen molar-refractivity contribution in [1.82, 2.24) is 16.1 Å². The lowest BCUT2D eigenvalue weighted by Gasteiger charge is -2.26. The average Bonchev–Trinajstić information content (AvgIpc) is 2.21. The van der Waals surface area contributed by atoms with E-state index >= 15 is 0 Å². The molecule has 0 saturated carbocycles. The van der Waals surface area contributed by atoms with Crippen molar-refractivity contribution in [3.8, 4) is 0 Å². The molecule has 2 aliphatic heterocycles. The maximum absolute atomic E-state index is 4.80. The Bertz CT molecular complexity index is 216. The van der Waals surface area contributed by atoms with Crippen LogP contribution < -0.4 is 11.0 Å². The van der Waals surface area contributed by atoms with Crippen LogP contribution in [0.1, 0.15) is 0 Å². The molecule has 2 N–H and O–H groups in total. The first-order chi connectivity index (χ1) is 5.97. The van der Waals surface area contributed by atoms with Crippen LogP contribution in [-0.2, 0) is 14.7 Å². The second-order valence-electron chi connectivity index (χ2n) is 2.10. The molecule has 0 aromatic heterocycles. The topological polar surface area (TPSA) is 55.0 Å². The average molecular weight is 170 g/mol. The first kappa shape index (κ1) is 7.41. The first-order valence-corrected chi connectivity index (χ1v) is 3.42. The van der Waals surface area contributed by atoms with Gasteiger partial charge in [0.1, 0.15) is 18.6 Å². The summed E-state index contributed by atoms with van der Waals surface area (Å²) in [4.78, 5) is 14.2. The summed E-state index contributed by atoms with van der Waals surface area (Å²) >= 11 is 0. The zero-order valence-corrected chi connectivity index (χ0v) is 6.19. The molecule has 0 amide bonds. The van der Waals surface area contributed by atoms with Crippen LogP contribution in [0.5, 0.6) is 0 Å². The van der Waals surface area contributed by atoms with E-state index in [1.54, 1.807) is 18.7 Å². The summed E-state index contributed by atoms with van der Waals surface area (Å²) in [5.74, 6) is 0.714. The fraction of sp³-hybridized carbons (Fsp3) is 0.167. The Kier molecular flexibility index (Phi) is 2.12. The molecule has 65 valence electrons. The van der Waals surface area contributed by atoms with Crippen molar-refractivity contribution in [3.63, 3.8) is 0 Å². The number of hydrogen-bond donors (Lipinski definition) is 2. The summed E-state index contributed by atoms with van der Waals surface area (Å²) in [5.41, 5.74) is 5.23. The molecule has 0 fully saturated rings. The molecule has 6 heteroatoms. The largest absolute Gasteiger partial charge is 0.322 e. The summed E-state index contributed by atoms with van der Waals surface area (Å²) in [7, 11) is 0. The van der Waals surface area contributed by atoms with Crippen molar-refractivity contribution in [3.05, 3.63) is 30.8 Å². The molecule has 1 radical (unpaired) electrons. The van der Waals surface area contributed by atoms with Gasteiger partial charge in [-0.25, -0.2) is 0 Å². The zero-order chi connectivity index (χ0) is 8.23. The smallest absolute Gasteiger partial charge is 0.145 e. The lowest BCUT2D eigenvalue weighted by Crippen LogP contribution is -2.42. The standard InChI is InChI=1S/C6H8N3O3/c1-3-9(12-11-4-1)6-2-5-10-8-7-6/h1-4,7-8H,5H2. The number of nitrogens with one attached hydrogen (secondary N) is 2. The Hall–Kier alpha value is -1.24. The third kappa shape index (κ3) is 1.50. The monoisotopic (exact) mass is 170 g/mol. The van der Waals surface area contributed by atoms with Crippen molar-refractivity contribution in [1.29, 1.82) is 0 Å². The van der Waals surface area contributed by atoms with E-state index in [9.17, 15) is 0 Å². The SMILES string of the molecule is [CH]1C=COON1C1=CCONN1. The maximum Gasteiger partial charge on any atom is 0.145 e. The van der Waals surface area contributed by atoms with Gasteiger partial charge in [-0.1, -0.05) is 4.99 Å². The van der Waals surface area contributed by atoms with Crippen molar-refractivity contribution in [2.24, 2.45) is 0 Å². The highest BCUT2D eigenvalue weighted by Gasteiger charge is 2.14. The molecular formula is C6H8N3O3. The van der Waals surface area contributed by atoms with E-state index in [1.807, 2.05) is 0 Å². The van der Waals surface area contributed by atoms with Crippen molar-refractivity contribution in [2.45, 2.75) is 0 Å². The summed E-state index contributed by atoms with van der Waals surface area (Å²) in [6.07, 6.45) is 4.95. The first-order valence-electron chi connectivity index (χ1n) is 3.42. The van der Waals surface area contributed by atoms with Gasteiger partial charge < -0.3 is 4.89 Å². The van der Waals surface area contributed by atoms with E-state index in [0.29, 0.717) is 12.4 Å². The minimum absolute atomic E-state index is 0.472. The minimum Gasteiger partial charge on any atom is -0.322 e. The van der Waals surface area contributed by atoms with Gasteiger partial charge >= 0.3 is 0 Å². The Morgan fingerprint density at radius 1 is 1.50 bits per heavy atom. The Balaban J connectivity index is 1.98. The van der Waals surface area contributed by atoms with Crippen LogP contribution in [0.4, 0.5) is 0 Å². The molecule has 0 bridgehead atoms. The number of hydrogen-bond acceptors (Lipinski definition) is 6. The van der Waals surface area contributed by atoms with E-state index in [4.69, 9.17) is 9.83 Å². The summed E-state index contributed by atoms with van der Waals surface area (Å²) in [6.45, 7) is 2.18. The Morgan fingerprint density at radius 2 is 2.50 bits per heavy atom. The lowest BCUT2D eigenvalue weighted by molar-refractivity contribution is -0.382. The van der Waals surface area contributed by atoms with E-state index in [0.717, 1.165) is 0 Å². The number of rotatable bonds is 1. The summed E-state index contributed by atoms with van der Waals surface area (Å²) in [6, 6.07) is 0. The van der Waals surface area contributed by atoms with Gasteiger partial charge in [-0.2, -0.15) is 5.06 Å². The molecule has 2 aliphatic rings. The molecule has 2 rings (SSSR count). The third-order valence-electron chi connectivity index (χ3n) is 1.33. The Morgan fingerprint density at radius 3 is 3.17 bits per heavy atom. The highest BCUT2D eigenvalue weighted by molar-refractivity contribution is 5.03. The van der Waals surface area contributed by atoms with Gasteiger partial charge in [-0.05, 0) is 12.2 Å². The highest BCUT2D eigenvalue weighted by Crippen LogP contribution is 2.11. The van der Waals surface area contributed by atoms with E-state index in [2.05, 4.69) is 15.9 Å². The second kappa shape index (κ2) is 3.44. The molecule has 0 aromatic rings. The minimum atomic E-state index is 0.472. The van der Waals surface area contributed by atoms with Crippen molar-refractivity contribution >= 4 is 0 Å². The van der Waals surface area contributed by atoms with Gasteiger partial charge in [0.2, 0.25) is 0 Å². The molecular weight excluding hydrogens is 162 g/mol. The van der Waals surface area contributed by atoms with Crippen LogP contribution in [0, 0.1) is 6.54 Å². The number of nitrogens with zero attached hydrogens (tertiary/aromatic N) is 1. The van der Waals surface area contributed by atoms with Gasteiger partial charge in [0.05, 0.1) is 6.61 Å². The Labute approximate surface area is 69.2 Å². The number of hydroxylamine groups is 2. The fourth-order valence-corrected chi connectivity index (χ4v) is 0.809. The van der Waals surface area contributed by atoms with Gasteiger partial charge in [-0.3, -0.25) is 10.3 Å². The number of hydrazine groups is 1. The molecule has 0 spiro atoms. The molecule has 12 heavy (non-hydrogen) atoms. The molecule has 0 atom stereocenters. The van der Waals surface area contributed by atoms with E-state index in [-0.39, 0.29) is 0 Å². The molecule has 0 unspecified atom stereocenters. The second-order valence-corrected chi connectivity index (χ2v) is 2.10. The molecule has 6 nitrogen and oxygen atoms in total. The van der Waals surface area contributed by atoms with E-state index < -0.39 is 0 Å². The fourth-order valence-electron chi connectivity index (χ4n) is 0.809. The summed E-state index contributed by atoms with van der Waals surface area (Å²) in [5, 5.41) is 1.43. The molecule has 2 heterocycles. The molecule has 0 saturated heterocycles. The molecule has 0 aliphatic carbocycles. The van der Waals surface area contributed by atoms with Crippen LogP contribution in [0.25, 0.3) is 0 Å². The van der Waals surface area contributed by atoms with Gasteiger partial charge in [0.15, 0.2) is 0 Å². The van der Waals surface area contributed by atoms with Gasteiger partial charge in [0, 0.05) is 0 Å². The van der Waals surface area contributed by atoms with Crippen LogP contribution in [0.2, 0.25) is 0 Å². The van der Waals surface area contributed by atoms with E-state index in [1.165, 1.54) is 11.3 Å². The van der Waals surface area contributed by atoms with Crippen LogP contribution >= 0.6 is 0 Å². The van der Waals surface area contributed by atoms with Gasteiger partial charge in [-0.15, -0.1) is 5.59 Å². The zero-order valence-electron chi connectivity index (χ0n) is 6.19. The maximum atomic E-state index is 4.80. The normalized spacial score (nSPS) is 22.7. The predicted octanol–water partition coefficient (Wildman–Crippen LogP) is -0.279. The van der Waals surface area contributed by atoms with Crippen LogP contribution in [-0.4, -0.2) is 11.7 Å². The third-order valence-corrected chi connectivity index (χ3v) is 1.33. The van der Waals surface area contributed by atoms with Crippen molar-refractivity contribution < 1.29 is 14.7 Å². The predicted molar refractivity (Wildman–Crippen MR) is 37.8 cm³/mol. The quantitative estimate of drug-likeness (QED) is 0.528. The summed E-state index contributed by atoms with van der Waals surface area (Å²) < 4.78 is 0. The molecule has 0 aromatic carbocycles.